The number of aryl methyl sites for hydroxylation is 1. The van der Waals surface area contributed by atoms with Crippen molar-refractivity contribution in [3.8, 4) is 10.4 Å². The van der Waals surface area contributed by atoms with Crippen molar-refractivity contribution in [1.29, 1.82) is 0 Å². The van der Waals surface area contributed by atoms with Crippen LogP contribution in [0.1, 0.15) is 38.3 Å². The van der Waals surface area contributed by atoms with Crippen LogP contribution in [-0.2, 0) is 7.05 Å². The highest BCUT2D eigenvalue weighted by molar-refractivity contribution is 7.13. The summed E-state index contributed by atoms with van der Waals surface area (Å²) in [5, 5.41) is 6.66. The summed E-state index contributed by atoms with van der Waals surface area (Å²) in [5.41, 5.74) is 8.40. The third kappa shape index (κ3) is 2.22. The quantitative estimate of drug-likeness (QED) is 0.899. The molecule has 0 saturated carbocycles. The number of anilines is 1. The second-order valence-electron chi connectivity index (χ2n) is 4.44. The molecule has 17 heavy (non-hydrogen) atoms. The molecule has 2 heterocycles. The van der Waals surface area contributed by atoms with E-state index in [9.17, 15) is 0 Å². The monoisotopic (exact) mass is 249 g/mol. The molecule has 3 nitrogen and oxygen atoms in total. The molecule has 0 fully saturated rings. The summed E-state index contributed by atoms with van der Waals surface area (Å²) < 4.78 is 1.79. The lowest BCUT2D eigenvalue weighted by Gasteiger charge is -2.08. The van der Waals surface area contributed by atoms with Gasteiger partial charge in [-0.3, -0.25) is 4.68 Å². The number of thiophene rings is 1. The standard InChI is InChI=1S/C13H19N3S/c1-4-6-9(2)12-11(10-7-5-8-17-10)13(14)16(3)15-12/h5,7-9H,4,6,14H2,1-3H3. The Morgan fingerprint density at radius 3 is 2.88 bits per heavy atom. The van der Waals surface area contributed by atoms with Gasteiger partial charge in [-0.15, -0.1) is 11.3 Å². The number of hydrogen-bond acceptors (Lipinski definition) is 3. The number of aromatic nitrogens is 2. The predicted octanol–water partition coefficient (Wildman–Crippen LogP) is 3.63. The highest BCUT2D eigenvalue weighted by atomic mass is 32.1. The molecule has 0 amide bonds. The van der Waals surface area contributed by atoms with Gasteiger partial charge in [-0.1, -0.05) is 26.3 Å². The topological polar surface area (TPSA) is 43.8 Å². The molecule has 1 atom stereocenters. The number of hydrogen-bond donors (Lipinski definition) is 1. The number of nitrogen functional groups attached to an aromatic ring is 1. The van der Waals surface area contributed by atoms with Gasteiger partial charge in [0.05, 0.1) is 11.3 Å². The van der Waals surface area contributed by atoms with Crippen LogP contribution < -0.4 is 5.73 Å². The molecular formula is C13H19N3S. The molecule has 0 radical (unpaired) electrons. The molecule has 4 heteroatoms. The van der Waals surface area contributed by atoms with Crippen molar-refractivity contribution in [3.63, 3.8) is 0 Å². The van der Waals surface area contributed by atoms with E-state index in [0.29, 0.717) is 5.92 Å². The first-order chi connectivity index (χ1) is 8.15. The zero-order chi connectivity index (χ0) is 12.4. The maximum Gasteiger partial charge on any atom is 0.130 e. The van der Waals surface area contributed by atoms with Gasteiger partial charge in [-0.2, -0.15) is 5.10 Å². The highest BCUT2D eigenvalue weighted by Gasteiger charge is 2.20. The van der Waals surface area contributed by atoms with Crippen LogP contribution in [0.25, 0.3) is 10.4 Å². The van der Waals surface area contributed by atoms with Gasteiger partial charge in [0.25, 0.3) is 0 Å². The highest BCUT2D eigenvalue weighted by Crippen LogP contribution is 2.37. The van der Waals surface area contributed by atoms with Crippen LogP contribution in [0.2, 0.25) is 0 Å². The van der Waals surface area contributed by atoms with E-state index in [1.54, 1.807) is 16.0 Å². The smallest absolute Gasteiger partial charge is 0.130 e. The Morgan fingerprint density at radius 1 is 1.53 bits per heavy atom. The van der Waals surface area contributed by atoms with Gasteiger partial charge >= 0.3 is 0 Å². The predicted molar refractivity (Wildman–Crippen MR) is 74.3 cm³/mol. The SMILES string of the molecule is CCCC(C)c1nn(C)c(N)c1-c1cccs1. The molecule has 0 bridgehead atoms. The number of nitrogens with two attached hydrogens (primary N) is 1. The van der Waals surface area contributed by atoms with E-state index >= 15 is 0 Å². The Hall–Kier alpha value is -1.29. The molecule has 2 aromatic rings. The van der Waals surface area contributed by atoms with E-state index in [1.807, 2.05) is 7.05 Å². The van der Waals surface area contributed by atoms with Gasteiger partial charge in [-0.05, 0) is 17.9 Å². The average Bonchev–Trinajstić information content (AvgIpc) is 2.89. The average molecular weight is 249 g/mol. The lowest BCUT2D eigenvalue weighted by atomic mass is 9.98. The molecule has 1 unspecified atom stereocenters. The summed E-state index contributed by atoms with van der Waals surface area (Å²) in [4.78, 5) is 1.22. The zero-order valence-electron chi connectivity index (χ0n) is 10.6. The van der Waals surface area contributed by atoms with Gasteiger partial charge in [-0.25, -0.2) is 0 Å². The fourth-order valence-electron chi connectivity index (χ4n) is 2.15. The minimum Gasteiger partial charge on any atom is -0.383 e. The molecule has 0 spiro atoms. The maximum absolute atomic E-state index is 6.14. The summed E-state index contributed by atoms with van der Waals surface area (Å²) in [6.07, 6.45) is 2.32. The maximum atomic E-state index is 6.14. The Bertz CT molecular complexity index is 485. The third-order valence-electron chi connectivity index (χ3n) is 3.07. The van der Waals surface area contributed by atoms with E-state index in [2.05, 4.69) is 36.5 Å². The molecule has 0 aliphatic carbocycles. The van der Waals surface area contributed by atoms with Crippen LogP contribution >= 0.6 is 11.3 Å². The zero-order valence-corrected chi connectivity index (χ0v) is 11.4. The normalized spacial score (nSPS) is 12.9. The molecule has 2 rings (SSSR count). The van der Waals surface area contributed by atoms with E-state index in [4.69, 9.17) is 5.73 Å². The second-order valence-corrected chi connectivity index (χ2v) is 5.38. The van der Waals surface area contributed by atoms with Gasteiger partial charge in [0.15, 0.2) is 0 Å². The molecule has 0 aliphatic rings. The summed E-state index contributed by atoms with van der Waals surface area (Å²) in [5.74, 6) is 1.23. The first-order valence-electron chi connectivity index (χ1n) is 6.01. The Morgan fingerprint density at radius 2 is 2.29 bits per heavy atom. The molecule has 2 aromatic heterocycles. The van der Waals surface area contributed by atoms with Crippen molar-refractivity contribution < 1.29 is 0 Å². The van der Waals surface area contributed by atoms with Crippen LogP contribution in [0.3, 0.4) is 0 Å². The van der Waals surface area contributed by atoms with E-state index in [0.717, 1.165) is 23.5 Å². The van der Waals surface area contributed by atoms with Crippen molar-refractivity contribution in [2.45, 2.75) is 32.6 Å². The Kier molecular flexibility index (Phi) is 3.52. The molecule has 0 saturated heterocycles. The van der Waals surface area contributed by atoms with Crippen molar-refractivity contribution >= 4 is 17.2 Å². The van der Waals surface area contributed by atoms with Crippen molar-refractivity contribution in [2.24, 2.45) is 7.05 Å². The third-order valence-corrected chi connectivity index (χ3v) is 3.96. The minimum absolute atomic E-state index is 0.459. The molecule has 92 valence electrons. The Balaban J connectivity index is 2.49. The van der Waals surface area contributed by atoms with Crippen molar-refractivity contribution in [3.05, 3.63) is 23.2 Å². The number of rotatable bonds is 4. The second kappa shape index (κ2) is 4.92. The minimum atomic E-state index is 0.459. The first-order valence-corrected chi connectivity index (χ1v) is 6.89. The molecule has 2 N–H and O–H groups in total. The first kappa shape index (κ1) is 12.2. The van der Waals surface area contributed by atoms with Crippen molar-refractivity contribution in [2.75, 3.05) is 5.73 Å². The van der Waals surface area contributed by atoms with Crippen LogP contribution in [0.4, 0.5) is 5.82 Å². The van der Waals surface area contributed by atoms with E-state index < -0.39 is 0 Å². The summed E-state index contributed by atoms with van der Waals surface area (Å²) in [6, 6.07) is 4.17. The van der Waals surface area contributed by atoms with Crippen molar-refractivity contribution in [1.82, 2.24) is 9.78 Å². The van der Waals surface area contributed by atoms with Gasteiger partial charge in [0.2, 0.25) is 0 Å². The van der Waals surface area contributed by atoms with Crippen LogP contribution in [-0.4, -0.2) is 9.78 Å². The summed E-state index contributed by atoms with van der Waals surface area (Å²) >= 11 is 1.72. The van der Waals surface area contributed by atoms with Crippen LogP contribution in [0, 0.1) is 0 Å². The molecular weight excluding hydrogens is 230 g/mol. The lowest BCUT2D eigenvalue weighted by Crippen LogP contribution is -1.98. The fraction of sp³-hybridized carbons (Fsp3) is 0.462. The Labute approximate surface area is 106 Å². The van der Waals surface area contributed by atoms with Crippen LogP contribution in [0.5, 0.6) is 0 Å². The van der Waals surface area contributed by atoms with Gasteiger partial charge < -0.3 is 5.73 Å². The van der Waals surface area contributed by atoms with Gasteiger partial charge in [0, 0.05) is 17.8 Å². The lowest BCUT2D eigenvalue weighted by molar-refractivity contribution is 0.627. The summed E-state index contributed by atoms with van der Waals surface area (Å²) in [7, 11) is 1.91. The molecule has 0 aliphatic heterocycles. The van der Waals surface area contributed by atoms with E-state index in [1.165, 1.54) is 11.3 Å². The van der Waals surface area contributed by atoms with Gasteiger partial charge in [0.1, 0.15) is 5.82 Å². The summed E-state index contributed by atoms with van der Waals surface area (Å²) in [6.45, 7) is 4.43. The number of nitrogens with zero attached hydrogens (tertiary/aromatic N) is 2. The molecule has 0 aromatic carbocycles. The van der Waals surface area contributed by atoms with E-state index in [-0.39, 0.29) is 0 Å². The largest absolute Gasteiger partial charge is 0.383 e. The van der Waals surface area contributed by atoms with Crippen LogP contribution in [0.15, 0.2) is 17.5 Å². The fourth-order valence-corrected chi connectivity index (χ4v) is 2.93.